The van der Waals surface area contributed by atoms with Gasteiger partial charge in [-0.05, 0) is 24.6 Å². The molecular weight excluding hydrogens is 160 g/mol. The maximum Gasteiger partial charge on any atom is 0.101 e. The highest BCUT2D eigenvalue weighted by Gasteiger charge is 1.99. The Kier molecular flexibility index (Phi) is 2.95. The molecule has 0 unspecified atom stereocenters. The number of aryl methyl sites for hydroxylation is 1. The van der Waals surface area contributed by atoms with Crippen molar-refractivity contribution in [3.05, 3.63) is 29.3 Å². The molecule has 0 atom stereocenters. The van der Waals surface area contributed by atoms with Crippen LogP contribution in [0.15, 0.2) is 18.2 Å². The summed E-state index contributed by atoms with van der Waals surface area (Å²) in [6, 6.07) is 7.70. The van der Waals surface area contributed by atoms with Gasteiger partial charge < -0.3 is 5.32 Å². The third kappa shape index (κ3) is 2.25. The van der Waals surface area contributed by atoms with Gasteiger partial charge in [0.05, 0.1) is 17.8 Å². The Labute approximate surface area is 78.2 Å². The third-order valence-corrected chi connectivity index (χ3v) is 1.68. The van der Waals surface area contributed by atoms with E-state index in [0.717, 1.165) is 11.3 Å². The molecule has 0 bridgehead atoms. The minimum atomic E-state index is 0.443. The highest BCUT2D eigenvalue weighted by molar-refractivity contribution is 5.59. The van der Waals surface area contributed by atoms with Crippen molar-refractivity contribution in [1.29, 1.82) is 5.26 Å². The van der Waals surface area contributed by atoms with Gasteiger partial charge in [-0.1, -0.05) is 12.0 Å². The standard InChI is InChI=1S/C11H10N2/c1-3-6-13-11-7-9(2)4-5-10(11)8-12/h1,4-5,7,13H,6H2,2H3. The van der Waals surface area contributed by atoms with Crippen LogP contribution < -0.4 is 5.32 Å². The molecule has 0 heterocycles. The van der Waals surface area contributed by atoms with Crippen LogP contribution in [-0.2, 0) is 0 Å². The molecule has 0 saturated heterocycles. The van der Waals surface area contributed by atoms with Crippen LogP contribution in [-0.4, -0.2) is 6.54 Å². The van der Waals surface area contributed by atoms with Gasteiger partial charge >= 0.3 is 0 Å². The van der Waals surface area contributed by atoms with E-state index in [2.05, 4.69) is 17.3 Å². The number of anilines is 1. The summed E-state index contributed by atoms with van der Waals surface area (Å²) < 4.78 is 0. The Morgan fingerprint density at radius 3 is 2.92 bits per heavy atom. The molecule has 0 aromatic heterocycles. The van der Waals surface area contributed by atoms with E-state index in [0.29, 0.717) is 12.1 Å². The van der Waals surface area contributed by atoms with Gasteiger partial charge in [0.1, 0.15) is 6.07 Å². The van der Waals surface area contributed by atoms with Gasteiger partial charge in [-0.25, -0.2) is 0 Å². The fourth-order valence-electron chi connectivity index (χ4n) is 1.05. The minimum Gasteiger partial charge on any atom is -0.373 e. The quantitative estimate of drug-likeness (QED) is 0.688. The van der Waals surface area contributed by atoms with Gasteiger partial charge in [-0.15, -0.1) is 6.42 Å². The topological polar surface area (TPSA) is 35.8 Å². The van der Waals surface area contributed by atoms with Crippen molar-refractivity contribution < 1.29 is 0 Å². The maximum atomic E-state index is 8.77. The van der Waals surface area contributed by atoms with E-state index in [-0.39, 0.29) is 0 Å². The molecule has 0 fully saturated rings. The fourth-order valence-corrected chi connectivity index (χ4v) is 1.05. The molecule has 2 nitrogen and oxygen atoms in total. The average molecular weight is 170 g/mol. The van der Waals surface area contributed by atoms with E-state index in [4.69, 9.17) is 11.7 Å². The van der Waals surface area contributed by atoms with Gasteiger partial charge in [0.15, 0.2) is 0 Å². The maximum absolute atomic E-state index is 8.77. The van der Waals surface area contributed by atoms with E-state index in [1.807, 2.05) is 19.1 Å². The molecule has 0 aliphatic rings. The number of hydrogen-bond acceptors (Lipinski definition) is 2. The van der Waals surface area contributed by atoms with Crippen LogP contribution in [0.5, 0.6) is 0 Å². The zero-order valence-corrected chi connectivity index (χ0v) is 7.46. The van der Waals surface area contributed by atoms with Crippen molar-refractivity contribution >= 4 is 5.69 Å². The Balaban J connectivity index is 2.97. The summed E-state index contributed by atoms with van der Waals surface area (Å²) >= 11 is 0. The lowest BCUT2D eigenvalue weighted by atomic mass is 10.1. The number of terminal acetylenes is 1. The summed E-state index contributed by atoms with van der Waals surface area (Å²) in [6.07, 6.45) is 5.11. The number of hydrogen-bond donors (Lipinski definition) is 1. The first-order valence-corrected chi connectivity index (χ1v) is 3.96. The molecule has 0 saturated carbocycles. The largest absolute Gasteiger partial charge is 0.373 e. The third-order valence-electron chi connectivity index (χ3n) is 1.68. The van der Waals surface area contributed by atoms with Gasteiger partial charge in [0.25, 0.3) is 0 Å². The Morgan fingerprint density at radius 1 is 1.54 bits per heavy atom. The molecule has 0 aliphatic carbocycles. The molecule has 2 heteroatoms. The number of benzene rings is 1. The second-order valence-corrected chi connectivity index (χ2v) is 2.72. The first-order valence-electron chi connectivity index (χ1n) is 3.96. The Morgan fingerprint density at radius 2 is 2.31 bits per heavy atom. The Hall–Kier alpha value is -1.93. The van der Waals surface area contributed by atoms with Gasteiger partial charge in [-0.2, -0.15) is 5.26 Å². The monoisotopic (exact) mass is 170 g/mol. The molecule has 0 spiro atoms. The summed E-state index contributed by atoms with van der Waals surface area (Å²) in [5.41, 5.74) is 2.54. The molecule has 1 aromatic carbocycles. The summed E-state index contributed by atoms with van der Waals surface area (Å²) in [7, 11) is 0. The highest BCUT2D eigenvalue weighted by Crippen LogP contribution is 2.15. The summed E-state index contributed by atoms with van der Waals surface area (Å²) in [5, 5.41) is 11.8. The van der Waals surface area contributed by atoms with E-state index in [9.17, 15) is 0 Å². The highest BCUT2D eigenvalue weighted by atomic mass is 14.9. The first kappa shape index (κ1) is 9.16. The number of rotatable bonds is 2. The molecule has 64 valence electrons. The predicted molar refractivity (Wildman–Crippen MR) is 53.2 cm³/mol. The number of nitrogens with zero attached hydrogens (tertiary/aromatic N) is 1. The normalized spacial score (nSPS) is 8.54. The van der Waals surface area contributed by atoms with Crippen LogP contribution in [0, 0.1) is 30.6 Å². The zero-order chi connectivity index (χ0) is 9.68. The summed E-state index contributed by atoms with van der Waals surface area (Å²) in [5.74, 6) is 2.47. The van der Waals surface area contributed by atoms with Gasteiger partial charge in [0, 0.05) is 0 Å². The molecule has 0 aliphatic heterocycles. The van der Waals surface area contributed by atoms with Crippen LogP contribution in [0.2, 0.25) is 0 Å². The van der Waals surface area contributed by atoms with E-state index < -0.39 is 0 Å². The van der Waals surface area contributed by atoms with Crippen LogP contribution >= 0.6 is 0 Å². The van der Waals surface area contributed by atoms with Crippen LogP contribution in [0.1, 0.15) is 11.1 Å². The molecule has 1 rings (SSSR count). The van der Waals surface area contributed by atoms with Gasteiger partial charge in [0.2, 0.25) is 0 Å². The smallest absolute Gasteiger partial charge is 0.101 e. The van der Waals surface area contributed by atoms with Crippen molar-refractivity contribution in [2.45, 2.75) is 6.92 Å². The number of nitriles is 1. The minimum absolute atomic E-state index is 0.443. The molecule has 13 heavy (non-hydrogen) atoms. The van der Waals surface area contributed by atoms with E-state index in [1.165, 1.54) is 0 Å². The van der Waals surface area contributed by atoms with E-state index in [1.54, 1.807) is 6.07 Å². The van der Waals surface area contributed by atoms with Crippen LogP contribution in [0.4, 0.5) is 5.69 Å². The first-order chi connectivity index (χ1) is 6.27. The van der Waals surface area contributed by atoms with Crippen molar-refractivity contribution in [3.63, 3.8) is 0 Å². The molecule has 1 aromatic rings. The predicted octanol–water partition coefficient (Wildman–Crippen LogP) is 1.91. The summed E-state index contributed by atoms with van der Waals surface area (Å²) in [4.78, 5) is 0. The van der Waals surface area contributed by atoms with E-state index >= 15 is 0 Å². The van der Waals surface area contributed by atoms with Crippen LogP contribution in [0.25, 0.3) is 0 Å². The van der Waals surface area contributed by atoms with Crippen molar-refractivity contribution in [1.82, 2.24) is 0 Å². The van der Waals surface area contributed by atoms with Crippen molar-refractivity contribution in [2.75, 3.05) is 11.9 Å². The van der Waals surface area contributed by atoms with Crippen LogP contribution in [0.3, 0.4) is 0 Å². The Bertz CT molecular complexity index is 380. The zero-order valence-electron chi connectivity index (χ0n) is 7.46. The number of nitrogens with one attached hydrogen (secondary N) is 1. The second kappa shape index (κ2) is 4.18. The lowest BCUT2D eigenvalue weighted by Gasteiger charge is -2.05. The van der Waals surface area contributed by atoms with Crippen molar-refractivity contribution in [2.24, 2.45) is 0 Å². The fraction of sp³-hybridized carbons (Fsp3) is 0.182. The molecule has 1 N–H and O–H groups in total. The molecule has 0 amide bonds. The second-order valence-electron chi connectivity index (χ2n) is 2.72. The average Bonchev–Trinajstić information content (AvgIpc) is 2.15. The molecule has 0 radical (unpaired) electrons. The SMILES string of the molecule is C#CCNc1cc(C)ccc1C#N. The van der Waals surface area contributed by atoms with Crippen molar-refractivity contribution in [3.8, 4) is 18.4 Å². The molecular formula is C11H10N2. The lowest BCUT2D eigenvalue weighted by Crippen LogP contribution is -2.00. The lowest BCUT2D eigenvalue weighted by molar-refractivity contribution is 1.33. The van der Waals surface area contributed by atoms with Gasteiger partial charge in [-0.3, -0.25) is 0 Å². The summed E-state index contributed by atoms with van der Waals surface area (Å²) in [6.45, 7) is 2.42.